The lowest BCUT2D eigenvalue weighted by atomic mass is 9.78. The highest BCUT2D eigenvalue weighted by atomic mass is 32.2. The van der Waals surface area contributed by atoms with Crippen molar-refractivity contribution in [3.05, 3.63) is 57.9 Å². The number of hydrogen-bond donors (Lipinski definition) is 3. The van der Waals surface area contributed by atoms with Crippen molar-refractivity contribution >= 4 is 48.1 Å². The smallest absolute Gasteiger partial charge is 0.287 e. The molecule has 202 valence electrons. The molecule has 0 aliphatic carbocycles. The van der Waals surface area contributed by atoms with Crippen molar-refractivity contribution in [3.63, 3.8) is 0 Å². The number of anilines is 1. The molecule has 1 aromatic heterocycles. The third-order valence-corrected chi connectivity index (χ3v) is 10.3. The number of sulfonamides is 2. The standard InChI is InChI=1S/C23H23FN4O7S3/c1-37(31,32)25-8-12-10-36-22-20(12)38(33,34)27-21(26-22)17-19(29)16-14-6-7-15(35-14)18(16)28(23(17)30)9-11-2-4-13(24)5-3-11/h2-5,10,14-16,18,25,29H,6-9H2,1H3,(H,26,27). The molecule has 1 aromatic carbocycles. The fourth-order valence-corrected chi connectivity index (χ4v) is 8.64. The largest absolute Gasteiger partial charge is 0.511 e. The van der Waals surface area contributed by atoms with Crippen LogP contribution in [0.3, 0.4) is 0 Å². The minimum atomic E-state index is -4.34. The number of rotatable bonds is 6. The number of hydrogen-bond acceptors (Lipinski definition) is 9. The number of amides is 1. The van der Waals surface area contributed by atoms with Crippen LogP contribution < -0.4 is 10.0 Å². The zero-order valence-electron chi connectivity index (χ0n) is 19.9. The van der Waals surface area contributed by atoms with Crippen molar-refractivity contribution in [2.45, 2.75) is 49.1 Å². The van der Waals surface area contributed by atoms with Crippen LogP contribution in [-0.2, 0) is 42.7 Å². The van der Waals surface area contributed by atoms with Crippen molar-refractivity contribution < 1.29 is 35.9 Å². The third-order valence-electron chi connectivity index (χ3n) is 7.19. The molecule has 4 aliphatic rings. The second kappa shape index (κ2) is 8.84. The minimum absolute atomic E-state index is 0.106. The average molecular weight is 583 g/mol. The summed E-state index contributed by atoms with van der Waals surface area (Å²) in [7, 11) is -7.92. The van der Waals surface area contributed by atoms with Crippen molar-refractivity contribution in [2.75, 3.05) is 11.6 Å². The van der Waals surface area contributed by atoms with Crippen LogP contribution in [0.15, 0.2) is 50.3 Å². The average Bonchev–Trinajstić information content (AvgIpc) is 3.56. The molecule has 2 aromatic rings. The molecule has 1 amide bonds. The van der Waals surface area contributed by atoms with Crippen LogP contribution in [0.25, 0.3) is 0 Å². The lowest BCUT2D eigenvalue weighted by Crippen LogP contribution is -2.55. The van der Waals surface area contributed by atoms with Gasteiger partial charge in [-0.1, -0.05) is 12.1 Å². The van der Waals surface area contributed by atoms with Gasteiger partial charge in [0.2, 0.25) is 10.0 Å². The molecule has 2 saturated heterocycles. The topological polar surface area (TPSA) is 154 Å². The quantitative estimate of drug-likeness (QED) is 0.466. The Hall–Kier alpha value is -2.85. The summed E-state index contributed by atoms with van der Waals surface area (Å²) in [5.41, 5.74) is 0.609. The van der Waals surface area contributed by atoms with E-state index in [9.17, 15) is 31.1 Å². The molecule has 2 fully saturated rings. The Bertz CT molecular complexity index is 1620. The zero-order chi connectivity index (χ0) is 27.0. The molecular formula is C23H23FN4O7S3. The van der Waals surface area contributed by atoms with E-state index >= 15 is 0 Å². The van der Waals surface area contributed by atoms with E-state index in [2.05, 4.69) is 14.4 Å². The Morgan fingerprint density at radius 1 is 1.26 bits per heavy atom. The highest BCUT2D eigenvalue weighted by Gasteiger charge is 2.58. The molecular weight excluding hydrogens is 559 g/mol. The Morgan fingerprint density at radius 3 is 2.68 bits per heavy atom. The Balaban J connectivity index is 1.39. The fraction of sp³-hybridized carbons (Fsp3) is 0.391. The highest BCUT2D eigenvalue weighted by Crippen LogP contribution is 2.49. The van der Waals surface area contributed by atoms with Gasteiger partial charge in [0.05, 0.1) is 30.4 Å². The van der Waals surface area contributed by atoms with E-state index in [0.717, 1.165) is 24.0 Å². The maximum atomic E-state index is 13.9. The van der Waals surface area contributed by atoms with Crippen LogP contribution in [0, 0.1) is 11.7 Å². The van der Waals surface area contributed by atoms with Crippen LogP contribution in [0.1, 0.15) is 24.0 Å². The van der Waals surface area contributed by atoms with Crippen LogP contribution in [0.5, 0.6) is 0 Å². The maximum absolute atomic E-state index is 13.9. The number of halogens is 1. The van der Waals surface area contributed by atoms with Gasteiger partial charge >= 0.3 is 0 Å². The van der Waals surface area contributed by atoms with E-state index in [1.165, 1.54) is 17.5 Å². The summed E-state index contributed by atoms with van der Waals surface area (Å²) in [6.07, 6.45) is 1.75. The number of aliphatic hydroxyl groups is 1. The summed E-state index contributed by atoms with van der Waals surface area (Å²) >= 11 is 1.02. The van der Waals surface area contributed by atoms with Gasteiger partial charge in [0, 0.05) is 18.7 Å². The second-order valence-electron chi connectivity index (χ2n) is 9.68. The molecule has 11 nitrogen and oxygen atoms in total. The number of carbonyl (C=O) groups excluding carboxylic acids is 1. The Labute approximate surface area is 222 Å². The summed E-state index contributed by atoms with van der Waals surface area (Å²) in [6, 6.07) is 5.26. The fourth-order valence-electron chi connectivity index (χ4n) is 5.62. The number of amidine groups is 1. The van der Waals surface area contributed by atoms with Gasteiger partial charge in [-0.05, 0) is 35.9 Å². The molecule has 6 rings (SSSR count). The van der Waals surface area contributed by atoms with E-state index in [-0.39, 0.29) is 57.9 Å². The molecule has 4 unspecified atom stereocenters. The molecule has 38 heavy (non-hydrogen) atoms. The van der Waals surface area contributed by atoms with E-state index in [1.54, 1.807) is 17.0 Å². The van der Waals surface area contributed by atoms with Crippen LogP contribution in [0.2, 0.25) is 0 Å². The number of ether oxygens (including phenoxy) is 1. The molecule has 2 bridgehead atoms. The second-order valence-corrected chi connectivity index (χ2v) is 13.9. The molecule has 0 saturated carbocycles. The van der Waals surface area contributed by atoms with E-state index in [0.29, 0.717) is 12.0 Å². The van der Waals surface area contributed by atoms with Gasteiger partial charge in [0.15, 0.2) is 5.84 Å². The summed E-state index contributed by atoms with van der Waals surface area (Å²) in [6.45, 7) is -0.145. The van der Waals surface area contributed by atoms with Gasteiger partial charge in [0.25, 0.3) is 15.9 Å². The molecule has 5 heterocycles. The molecule has 0 spiro atoms. The molecule has 0 radical (unpaired) electrons. The van der Waals surface area contributed by atoms with Crippen molar-refractivity contribution in [3.8, 4) is 0 Å². The number of carbonyl (C=O) groups is 1. The first kappa shape index (κ1) is 25.4. The number of thiophene rings is 1. The maximum Gasteiger partial charge on any atom is 0.287 e. The Morgan fingerprint density at radius 2 is 1.97 bits per heavy atom. The van der Waals surface area contributed by atoms with Crippen LogP contribution >= 0.6 is 11.3 Å². The predicted molar refractivity (Wildman–Crippen MR) is 136 cm³/mol. The number of nitrogens with one attached hydrogen (secondary N) is 2. The van der Waals surface area contributed by atoms with Gasteiger partial charge in [-0.3, -0.25) is 4.79 Å². The first-order valence-electron chi connectivity index (χ1n) is 11.7. The normalized spacial score (nSPS) is 27.7. The van der Waals surface area contributed by atoms with Gasteiger partial charge in [0.1, 0.15) is 27.0 Å². The van der Waals surface area contributed by atoms with Gasteiger partial charge in [-0.2, -0.15) is 8.42 Å². The number of nitrogens with zero attached hydrogens (tertiary/aromatic N) is 2. The van der Waals surface area contributed by atoms with E-state index < -0.39 is 43.7 Å². The molecule has 3 N–H and O–H groups in total. The summed E-state index contributed by atoms with van der Waals surface area (Å²) in [4.78, 5) is 15.2. The van der Waals surface area contributed by atoms with Gasteiger partial charge in [-0.25, -0.2) is 17.5 Å². The zero-order valence-corrected chi connectivity index (χ0v) is 22.4. The third kappa shape index (κ3) is 4.22. The lowest BCUT2D eigenvalue weighted by molar-refractivity contribution is -0.133. The highest BCUT2D eigenvalue weighted by molar-refractivity contribution is 7.91. The van der Waals surface area contributed by atoms with Gasteiger partial charge in [-0.15, -0.1) is 15.7 Å². The molecule has 4 aliphatic heterocycles. The van der Waals surface area contributed by atoms with Crippen molar-refractivity contribution in [2.24, 2.45) is 10.3 Å². The Kier molecular flexibility index (Phi) is 5.92. The minimum Gasteiger partial charge on any atom is -0.511 e. The first-order valence-corrected chi connectivity index (χ1v) is 16.0. The van der Waals surface area contributed by atoms with E-state index in [4.69, 9.17) is 4.74 Å². The van der Waals surface area contributed by atoms with Gasteiger partial charge < -0.3 is 20.1 Å². The van der Waals surface area contributed by atoms with Crippen molar-refractivity contribution in [1.82, 2.24) is 9.62 Å². The number of aliphatic hydroxyl groups excluding tert-OH is 1. The van der Waals surface area contributed by atoms with E-state index in [1.807, 2.05) is 0 Å². The predicted octanol–water partition coefficient (Wildman–Crippen LogP) is 1.85. The summed E-state index contributed by atoms with van der Waals surface area (Å²) in [5, 5.41) is 15.8. The number of benzene rings is 1. The monoisotopic (exact) mass is 582 g/mol. The van der Waals surface area contributed by atoms with Crippen LogP contribution in [-0.4, -0.2) is 63.1 Å². The van der Waals surface area contributed by atoms with Crippen LogP contribution in [0.4, 0.5) is 9.39 Å². The number of fused-ring (bicyclic) bond motifs is 6. The van der Waals surface area contributed by atoms with Crippen molar-refractivity contribution in [1.29, 1.82) is 0 Å². The lowest BCUT2D eigenvalue weighted by Gasteiger charge is -2.42. The summed E-state index contributed by atoms with van der Waals surface area (Å²) in [5.74, 6) is -2.18. The molecule has 15 heteroatoms. The SMILES string of the molecule is CS(=O)(=O)NCc1csc2c1S(=O)(=O)N=C(C1=C(O)C3C4CCC(O4)C3N(Cc3ccc(F)cc3)C1=O)N2. The first-order chi connectivity index (χ1) is 17.9. The summed E-state index contributed by atoms with van der Waals surface area (Å²) < 4.78 is 75.1. The molecule has 4 atom stereocenters.